The molecule has 2 N–H and O–H groups in total. The Labute approximate surface area is 391 Å². The first-order valence-electron chi connectivity index (χ1n) is 22.8. The van der Waals surface area contributed by atoms with Crippen LogP contribution in [0.3, 0.4) is 0 Å². The highest BCUT2D eigenvalue weighted by Crippen LogP contribution is 2.37. The molecule has 0 bridgehead atoms. The van der Waals surface area contributed by atoms with Gasteiger partial charge in [-0.1, -0.05) is 105 Å². The number of benzene rings is 4. The second-order valence-corrected chi connectivity index (χ2v) is 17.3. The van der Waals surface area contributed by atoms with Crippen LogP contribution in [0.2, 0.25) is 0 Å². The van der Waals surface area contributed by atoms with Crippen LogP contribution >= 0.6 is 0 Å². The molecule has 4 aromatic carbocycles. The summed E-state index contributed by atoms with van der Waals surface area (Å²) in [6.07, 6.45) is 6.60. The minimum atomic E-state index is -0.667. The molecule has 12 nitrogen and oxygen atoms in total. The van der Waals surface area contributed by atoms with Crippen molar-refractivity contribution in [3.63, 3.8) is 0 Å². The fraction of sp³-hybridized carbons (Fsp3) is 0.309. The molecule has 0 unspecified atom stereocenters. The van der Waals surface area contributed by atoms with Crippen LogP contribution in [0, 0.1) is 35.5 Å². The maximum Gasteiger partial charge on any atom is 0.306 e. The van der Waals surface area contributed by atoms with E-state index in [4.69, 9.17) is 14.5 Å². The quantitative estimate of drug-likeness (QED) is 0.0862. The van der Waals surface area contributed by atoms with E-state index in [1.54, 1.807) is 11.1 Å². The number of amides is 2. The highest BCUT2D eigenvalue weighted by Gasteiger charge is 2.39. The molecule has 4 atom stereocenters. The first-order valence-corrected chi connectivity index (χ1v) is 22.8. The Morgan fingerprint density at radius 2 is 1.27 bits per heavy atom. The van der Waals surface area contributed by atoms with E-state index in [0.29, 0.717) is 30.4 Å². The number of ether oxygens (including phenoxy) is 2. The molecule has 8 rings (SSSR count). The van der Waals surface area contributed by atoms with E-state index in [1.165, 1.54) is 14.2 Å². The van der Waals surface area contributed by atoms with Crippen LogP contribution in [-0.2, 0) is 28.7 Å². The molecule has 12 heteroatoms. The highest BCUT2D eigenvalue weighted by molar-refractivity contribution is 5.89. The normalized spacial score (nSPS) is 16.4. The van der Waals surface area contributed by atoms with E-state index in [-0.39, 0.29) is 42.7 Å². The summed E-state index contributed by atoms with van der Waals surface area (Å²) in [6, 6.07) is 33.5. The van der Waals surface area contributed by atoms with Crippen molar-refractivity contribution >= 4 is 23.8 Å². The number of hydrogen-bond acceptors (Lipinski definition) is 8. The van der Waals surface area contributed by atoms with Crippen LogP contribution in [-0.4, -0.2) is 80.8 Å². The number of esters is 2. The van der Waals surface area contributed by atoms with E-state index in [2.05, 4.69) is 75.0 Å². The lowest BCUT2D eigenvalue weighted by molar-refractivity contribution is -0.148. The van der Waals surface area contributed by atoms with Crippen LogP contribution in [0.5, 0.6) is 0 Å². The number of carbonyl (C=O) groups excluding carboxylic acids is 4. The Bertz CT molecular complexity index is 2860. The van der Waals surface area contributed by atoms with Crippen LogP contribution in [0.4, 0.5) is 0 Å². The third-order valence-corrected chi connectivity index (χ3v) is 12.8. The summed E-state index contributed by atoms with van der Waals surface area (Å²) >= 11 is 0. The van der Waals surface area contributed by atoms with Crippen LogP contribution in [0.1, 0.15) is 98.8 Å². The molecule has 2 fully saturated rings. The van der Waals surface area contributed by atoms with Gasteiger partial charge in [0.2, 0.25) is 11.8 Å². The summed E-state index contributed by atoms with van der Waals surface area (Å²) in [4.78, 5) is 72.5. The van der Waals surface area contributed by atoms with Crippen molar-refractivity contribution in [3.8, 4) is 57.2 Å². The lowest BCUT2D eigenvalue weighted by atomic mass is 9.90. The van der Waals surface area contributed by atoms with E-state index in [1.807, 2.05) is 91.7 Å². The van der Waals surface area contributed by atoms with Gasteiger partial charge in [-0.15, -0.1) is 0 Å². The fourth-order valence-corrected chi connectivity index (χ4v) is 9.17. The van der Waals surface area contributed by atoms with E-state index >= 15 is 0 Å². The van der Waals surface area contributed by atoms with Crippen LogP contribution in [0.15, 0.2) is 116 Å². The largest absolute Gasteiger partial charge is 0.469 e. The molecule has 2 saturated heterocycles. The summed E-state index contributed by atoms with van der Waals surface area (Å²) in [5.41, 5.74) is 7.89. The van der Waals surface area contributed by atoms with Gasteiger partial charge in [0.05, 0.1) is 69.1 Å². The predicted octanol–water partition coefficient (Wildman–Crippen LogP) is 9.05. The zero-order valence-electron chi connectivity index (χ0n) is 38.3. The molecule has 2 aliphatic rings. The molecule has 2 aliphatic heterocycles. The van der Waals surface area contributed by atoms with Gasteiger partial charge >= 0.3 is 11.9 Å². The first-order chi connectivity index (χ1) is 32.6. The van der Waals surface area contributed by atoms with Gasteiger partial charge in [0.25, 0.3) is 0 Å². The van der Waals surface area contributed by atoms with Crippen LogP contribution in [0.25, 0.3) is 33.5 Å². The predicted molar refractivity (Wildman–Crippen MR) is 255 cm³/mol. The monoisotopic (exact) mass is 894 g/mol. The second-order valence-electron chi connectivity index (χ2n) is 17.3. The Morgan fingerprint density at radius 3 is 1.97 bits per heavy atom. The van der Waals surface area contributed by atoms with Crippen molar-refractivity contribution in [1.82, 2.24) is 29.7 Å². The van der Waals surface area contributed by atoms with Crippen molar-refractivity contribution in [2.24, 2.45) is 11.8 Å². The minimum Gasteiger partial charge on any atom is -0.469 e. The maximum atomic E-state index is 14.0. The summed E-state index contributed by atoms with van der Waals surface area (Å²) in [5, 5.41) is 0. The third kappa shape index (κ3) is 10.6. The van der Waals surface area contributed by atoms with Gasteiger partial charge in [0.15, 0.2) is 0 Å². The summed E-state index contributed by atoms with van der Waals surface area (Å²) in [6.45, 7) is 5.07. The number of imidazole rings is 2. The molecule has 67 heavy (non-hydrogen) atoms. The van der Waals surface area contributed by atoms with Crippen molar-refractivity contribution in [2.45, 2.75) is 70.4 Å². The standard InChI is InChI=1S/C55H54N6O6/c1-36(2)44(32-50(62)66-3)54(64)60-28-15-25-49(60)53-57-35-47(59-53)42-27-26-39(45(31-42)41-22-13-21-40(30-41)37-16-7-5-8-17-37)20-11-12-23-43-34-56-52(58-43)48-24-14-29-61(48)55(65)46(33-51(63)67-4)38-18-9-6-10-19-38/h5-10,13,16-19,21-22,26-27,30-31,34-36,44,46,48-49H,14-15,24-25,28-29,32-33H2,1-4H3,(H,56,58)(H,57,59)/t44-,46+,48-,49-/m0/s1. The van der Waals surface area contributed by atoms with Crippen LogP contribution < -0.4 is 0 Å². The number of hydrogen-bond donors (Lipinski definition) is 2. The van der Waals surface area contributed by atoms with Gasteiger partial charge in [-0.05, 0) is 95.4 Å². The van der Waals surface area contributed by atoms with E-state index in [9.17, 15) is 19.2 Å². The zero-order valence-corrected chi connectivity index (χ0v) is 38.3. The molecular weight excluding hydrogens is 841 g/mol. The van der Waals surface area contributed by atoms with Gasteiger partial charge in [0.1, 0.15) is 17.3 Å². The number of aromatic nitrogens is 4. The Hall–Kier alpha value is -7.70. The number of nitrogens with zero attached hydrogens (tertiary/aromatic N) is 4. The number of methoxy groups -OCH3 is 2. The second kappa shape index (κ2) is 21.1. The topological polar surface area (TPSA) is 151 Å². The van der Waals surface area contributed by atoms with Gasteiger partial charge in [-0.25, -0.2) is 9.97 Å². The molecule has 0 spiro atoms. The smallest absolute Gasteiger partial charge is 0.306 e. The number of rotatable bonds is 13. The van der Waals surface area contributed by atoms with Crippen molar-refractivity contribution in [3.05, 3.63) is 144 Å². The highest BCUT2D eigenvalue weighted by atomic mass is 16.5. The van der Waals surface area contributed by atoms with Crippen molar-refractivity contribution in [1.29, 1.82) is 0 Å². The van der Waals surface area contributed by atoms with Gasteiger partial charge < -0.3 is 29.2 Å². The molecule has 2 amide bonds. The lowest BCUT2D eigenvalue weighted by Gasteiger charge is -2.29. The molecule has 6 aromatic rings. The van der Waals surface area contributed by atoms with Crippen molar-refractivity contribution in [2.75, 3.05) is 27.3 Å². The van der Waals surface area contributed by atoms with E-state index in [0.717, 1.165) is 70.3 Å². The summed E-state index contributed by atoms with van der Waals surface area (Å²) in [7, 11) is 2.68. The molecule has 0 saturated carbocycles. The van der Waals surface area contributed by atoms with E-state index < -0.39 is 23.8 Å². The Kier molecular flexibility index (Phi) is 14.4. The fourth-order valence-electron chi connectivity index (χ4n) is 9.17. The average Bonchev–Trinajstić information content (AvgIpc) is 4.22. The third-order valence-electron chi connectivity index (χ3n) is 12.8. The summed E-state index contributed by atoms with van der Waals surface area (Å²) in [5.74, 6) is 11.6. The number of aromatic amines is 2. The molecule has 0 aliphatic carbocycles. The lowest BCUT2D eigenvalue weighted by Crippen LogP contribution is -2.39. The maximum absolute atomic E-state index is 14.0. The molecule has 340 valence electrons. The van der Waals surface area contributed by atoms with Gasteiger partial charge in [-0.3, -0.25) is 19.2 Å². The first kappa shape index (κ1) is 45.9. The van der Waals surface area contributed by atoms with Gasteiger partial charge in [-0.2, -0.15) is 0 Å². The SMILES string of the molecule is COC(=O)C[C@H](C(=O)N1CCC[C@H]1c1ncc(-c2ccc(C#CC#Cc3cnc([C@@H]4CCCN4C(=O)[C@H](CC(=O)OC)c4ccccc4)[nH]3)c(-c3cccc(-c4ccccc4)c3)c2)[nH]1)C(C)C. The molecular formula is C55H54N6O6. The van der Waals surface area contributed by atoms with Gasteiger partial charge in [0, 0.05) is 24.2 Å². The Balaban J connectivity index is 1.05. The summed E-state index contributed by atoms with van der Waals surface area (Å²) < 4.78 is 9.86. The average molecular weight is 895 g/mol. The number of nitrogens with one attached hydrogen (secondary N) is 2. The zero-order chi connectivity index (χ0) is 46.9. The Morgan fingerprint density at radius 1 is 0.657 bits per heavy atom. The van der Waals surface area contributed by atoms with Crippen molar-refractivity contribution < 1.29 is 28.7 Å². The molecule has 0 radical (unpaired) electrons. The number of H-pyrrole nitrogens is 2. The molecule has 4 heterocycles. The minimum absolute atomic E-state index is 0.0302. The number of carbonyl (C=O) groups is 4. The number of likely N-dealkylation sites (tertiary alicyclic amines) is 2. The molecule has 2 aromatic heterocycles.